The fourth-order valence-corrected chi connectivity index (χ4v) is 7.23. The van der Waals surface area contributed by atoms with Crippen LogP contribution >= 0.6 is 0 Å². The van der Waals surface area contributed by atoms with E-state index >= 15 is 0 Å². The number of nitrogens with two attached hydrogens (primary N) is 1. The van der Waals surface area contributed by atoms with Crippen LogP contribution in [0.25, 0.3) is 0 Å². The van der Waals surface area contributed by atoms with Gasteiger partial charge in [0.05, 0.1) is 56.4 Å². The highest BCUT2D eigenvalue weighted by Gasteiger charge is 2.68. The van der Waals surface area contributed by atoms with Gasteiger partial charge in [-0.05, 0) is 18.2 Å². The Labute approximate surface area is 264 Å². The first-order chi connectivity index (χ1) is 19.5. The van der Waals surface area contributed by atoms with Gasteiger partial charge < -0.3 is 10.5 Å². The first-order valence-electron chi connectivity index (χ1n) is 16.2. The second-order valence-corrected chi connectivity index (χ2v) is 14.1. The van der Waals surface area contributed by atoms with Crippen molar-refractivity contribution in [2.45, 2.75) is 123 Å². The summed E-state index contributed by atoms with van der Waals surface area (Å²) in [6, 6.07) is 0. The number of hydrogen-bond donors (Lipinski definition) is 1. The Morgan fingerprint density at radius 3 is 1.47 bits per heavy atom. The zero-order chi connectivity index (χ0) is 34.2. The molecule has 0 saturated carbocycles. The fraction of sp³-hybridized carbons (Fsp3) is 0.906. The molecule has 0 saturated heterocycles. The lowest BCUT2D eigenvalue weighted by atomic mass is 9.73. The van der Waals surface area contributed by atoms with Gasteiger partial charge in [-0.25, -0.2) is 4.79 Å². The first-order valence-corrected chi connectivity index (χ1v) is 16.2. The minimum Gasteiger partial charge on any atom is -0.429 e. The molecule has 2 unspecified atom stereocenters. The molecule has 2 atom stereocenters. The van der Waals surface area contributed by atoms with E-state index in [2.05, 4.69) is 90.6 Å². The zero-order valence-electron chi connectivity index (χ0n) is 31.1. The molecular formula is C32H71N5O6+4. The number of nitrogens with zero attached hydrogens (tertiary/aromatic N) is 4. The van der Waals surface area contributed by atoms with Gasteiger partial charge >= 0.3 is 11.7 Å². The average molecular weight is 622 g/mol. The van der Waals surface area contributed by atoms with Crippen molar-refractivity contribution in [2.24, 2.45) is 5.73 Å². The average Bonchev–Trinajstić information content (AvgIpc) is 2.89. The molecule has 2 N–H and O–H groups in total. The molecule has 43 heavy (non-hydrogen) atoms. The quantitative estimate of drug-likeness (QED) is 0.0605. The molecule has 0 amide bonds. The smallest absolute Gasteiger partial charge is 0.334 e. The molecule has 0 aromatic heterocycles. The van der Waals surface area contributed by atoms with Gasteiger partial charge in [-0.3, -0.25) is 4.48 Å². The van der Waals surface area contributed by atoms with Crippen molar-refractivity contribution in [1.82, 2.24) is 0 Å². The van der Waals surface area contributed by atoms with Crippen LogP contribution < -0.4 is 5.73 Å². The van der Waals surface area contributed by atoms with E-state index in [0.29, 0.717) is 23.7 Å². The van der Waals surface area contributed by atoms with Crippen LogP contribution in [0.1, 0.15) is 100 Å². The highest BCUT2D eigenvalue weighted by molar-refractivity contribution is 5.81. The molecule has 0 radical (unpaired) electrons. The Bertz CT molecular complexity index is 886. The maximum atomic E-state index is 12.2. The van der Waals surface area contributed by atoms with Gasteiger partial charge in [0.25, 0.3) is 12.5 Å². The van der Waals surface area contributed by atoms with Crippen LogP contribution in [-0.4, -0.2) is 117 Å². The van der Waals surface area contributed by atoms with Crippen LogP contribution in [0.4, 0.5) is 0 Å². The normalized spacial score (nSPS) is 17.1. The molecule has 0 aromatic rings. The van der Waals surface area contributed by atoms with Crippen molar-refractivity contribution < 1.29 is 47.5 Å². The Morgan fingerprint density at radius 2 is 1.14 bits per heavy atom. The number of carbonyl (C=O) groups is 1. The number of ether oxygens (including phenoxy) is 1. The van der Waals surface area contributed by atoms with Gasteiger partial charge in [0, 0.05) is 50.8 Å². The first kappa shape index (κ1) is 41.7. The van der Waals surface area contributed by atoms with Crippen molar-refractivity contribution >= 4 is 5.97 Å². The van der Waals surface area contributed by atoms with Gasteiger partial charge in [0.1, 0.15) is 7.05 Å². The van der Waals surface area contributed by atoms with Crippen LogP contribution in [0, 0.1) is 0 Å². The van der Waals surface area contributed by atoms with E-state index in [9.17, 15) is 4.79 Å². The van der Waals surface area contributed by atoms with E-state index < -0.39 is 33.4 Å². The molecule has 0 heterocycles. The summed E-state index contributed by atoms with van der Waals surface area (Å²) in [6.07, 6.45) is 7.36. The number of carbonyl (C=O) groups excluding carboxylic acids is 1. The molecular weight excluding hydrogens is 550 g/mol. The van der Waals surface area contributed by atoms with Crippen molar-refractivity contribution in [1.29, 1.82) is 0 Å². The van der Waals surface area contributed by atoms with Gasteiger partial charge in [-0.1, -0.05) is 48.5 Å². The number of likely N-dealkylation sites (N-methyl/N-ethyl adjacent to an activating group) is 1. The van der Waals surface area contributed by atoms with Gasteiger partial charge in [-0.2, -0.15) is 14.1 Å². The third-order valence-electron chi connectivity index (χ3n) is 9.98. The Kier molecular flexibility index (Phi) is 14.9. The van der Waals surface area contributed by atoms with Crippen molar-refractivity contribution in [3.63, 3.8) is 0 Å². The zero-order valence-corrected chi connectivity index (χ0v) is 31.1. The predicted octanol–water partition coefficient (Wildman–Crippen LogP) is 5.38. The van der Waals surface area contributed by atoms with E-state index in [1.165, 1.54) is 0 Å². The van der Waals surface area contributed by atoms with E-state index in [1.54, 1.807) is 0 Å². The molecule has 256 valence electrons. The van der Waals surface area contributed by atoms with E-state index in [1.807, 2.05) is 28.2 Å². The molecule has 11 nitrogen and oxygen atoms in total. The maximum Gasteiger partial charge on any atom is 0.334 e. The summed E-state index contributed by atoms with van der Waals surface area (Å²) in [5.41, 5.74) is 2.71. The third kappa shape index (κ3) is 8.70. The SMILES string of the molecule is CCC(C)(O[N+](C)(OCOC(=O)/C=C/N)C(CC)(CC)O[N+](C)(C)C)C(CC)(CC)[N+](C)(C)OC(CC)(CC)[N+](C)(C)C. The number of rotatable bonds is 21. The van der Waals surface area contributed by atoms with E-state index in [4.69, 9.17) is 29.8 Å². The van der Waals surface area contributed by atoms with Crippen LogP contribution in [0.5, 0.6) is 0 Å². The topological polar surface area (TPSA) is 89.2 Å². The van der Waals surface area contributed by atoms with Gasteiger partial charge in [0.2, 0.25) is 0 Å². The molecule has 0 bridgehead atoms. The monoisotopic (exact) mass is 622 g/mol. The molecule has 0 aliphatic carbocycles. The van der Waals surface area contributed by atoms with Crippen LogP contribution in [0.15, 0.2) is 12.3 Å². The summed E-state index contributed by atoms with van der Waals surface area (Å²) in [5.74, 6) is -0.600. The van der Waals surface area contributed by atoms with E-state index in [-0.39, 0.29) is 16.1 Å². The van der Waals surface area contributed by atoms with Crippen LogP contribution in [-0.2, 0) is 28.9 Å². The standard InChI is InChI=1S/C32H70N5O6/c1-18-29(8,30(19-2,20-3)36(15,16)43-31(21-4,22-5)34(9,10)11)41-37(17,40-27-39-28(38)25-26-33)32(23-6,24-7)42-35(12,13)14/h25-26H,18-24,27H2,1-17H3,(H-,33,38)/q+3/p+1. The second kappa shape index (κ2) is 15.3. The number of quaternary nitrogens is 4. The van der Waals surface area contributed by atoms with Gasteiger partial charge in [-0.15, -0.1) is 14.5 Å². The van der Waals surface area contributed by atoms with Gasteiger partial charge in [0.15, 0.2) is 11.1 Å². The third-order valence-corrected chi connectivity index (χ3v) is 9.98. The Hall–Kier alpha value is -1.31. The molecule has 0 aromatic carbocycles. The number of hydrogen-bond acceptors (Lipinski definition) is 7. The minimum absolute atomic E-state index is 0.219. The highest BCUT2D eigenvalue weighted by atomic mass is 17.0. The summed E-state index contributed by atoms with van der Waals surface area (Å²) in [6.45, 7) is 16.9. The maximum absolute atomic E-state index is 12.2. The lowest BCUT2D eigenvalue weighted by Crippen LogP contribution is -2.77. The molecule has 0 aliphatic rings. The summed E-state index contributed by atoms with van der Waals surface area (Å²) in [7, 11) is 18.7. The summed E-state index contributed by atoms with van der Waals surface area (Å²) in [5, 5.41) is 0. The largest absolute Gasteiger partial charge is 0.429 e. The Morgan fingerprint density at radius 1 is 0.674 bits per heavy atom. The lowest BCUT2D eigenvalue weighted by molar-refractivity contribution is -1.32. The lowest BCUT2D eigenvalue weighted by Gasteiger charge is -2.58. The van der Waals surface area contributed by atoms with Crippen LogP contribution in [0.3, 0.4) is 0 Å². The summed E-state index contributed by atoms with van der Waals surface area (Å²) in [4.78, 5) is 39.6. The number of hydroxylamine groups is 10. The molecule has 0 fully saturated rings. The van der Waals surface area contributed by atoms with Crippen molar-refractivity contribution in [3.05, 3.63) is 12.3 Å². The number of esters is 1. The van der Waals surface area contributed by atoms with E-state index in [0.717, 1.165) is 38.0 Å². The highest BCUT2D eigenvalue weighted by Crippen LogP contribution is 2.49. The summed E-state index contributed by atoms with van der Waals surface area (Å²) >= 11 is 0. The van der Waals surface area contributed by atoms with Crippen molar-refractivity contribution in [3.8, 4) is 0 Å². The fourth-order valence-electron chi connectivity index (χ4n) is 7.23. The minimum atomic E-state index is -0.949. The molecule has 0 spiro atoms. The predicted molar refractivity (Wildman–Crippen MR) is 172 cm³/mol. The molecule has 11 heteroatoms. The Balaban J connectivity index is 7.35. The van der Waals surface area contributed by atoms with Crippen LogP contribution in [0.2, 0.25) is 0 Å². The van der Waals surface area contributed by atoms with Crippen molar-refractivity contribution in [2.75, 3.05) is 70.2 Å². The summed E-state index contributed by atoms with van der Waals surface area (Å²) < 4.78 is 6.53. The molecule has 0 rings (SSSR count). The second-order valence-electron chi connectivity index (χ2n) is 14.1. The molecule has 0 aliphatic heterocycles.